The molecule has 0 saturated carbocycles. The van der Waals surface area contributed by atoms with Crippen LogP contribution in [0.3, 0.4) is 0 Å². The van der Waals surface area contributed by atoms with Crippen molar-refractivity contribution in [2.45, 2.75) is 19.4 Å². The van der Waals surface area contributed by atoms with Crippen LogP contribution in [0.4, 0.5) is 5.82 Å². The fourth-order valence-corrected chi connectivity index (χ4v) is 3.44. The third-order valence-electron chi connectivity index (χ3n) is 4.87. The second kappa shape index (κ2) is 7.01. The third-order valence-corrected chi connectivity index (χ3v) is 4.87. The van der Waals surface area contributed by atoms with Crippen molar-refractivity contribution >= 4 is 16.9 Å². The Labute approximate surface area is 142 Å². The number of hydrogen-bond acceptors (Lipinski definition) is 4. The first-order valence-electron chi connectivity index (χ1n) is 8.67. The number of piperidine rings is 1. The van der Waals surface area contributed by atoms with E-state index < -0.39 is 0 Å². The van der Waals surface area contributed by atoms with Crippen LogP contribution in [0, 0.1) is 5.92 Å². The van der Waals surface area contributed by atoms with E-state index >= 15 is 0 Å². The van der Waals surface area contributed by atoms with Crippen LogP contribution in [0.15, 0.2) is 48.9 Å². The van der Waals surface area contributed by atoms with E-state index in [1.54, 1.807) is 6.33 Å². The Kier molecular flexibility index (Phi) is 4.42. The van der Waals surface area contributed by atoms with Gasteiger partial charge in [0.15, 0.2) is 0 Å². The summed E-state index contributed by atoms with van der Waals surface area (Å²) in [5, 5.41) is 4.59. The van der Waals surface area contributed by atoms with Crippen molar-refractivity contribution in [3.05, 3.63) is 54.5 Å². The highest BCUT2D eigenvalue weighted by molar-refractivity contribution is 5.86. The lowest BCUT2D eigenvalue weighted by atomic mass is 9.96. The summed E-state index contributed by atoms with van der Waals surface area (Å²) in [6.45, 7) is 4.39. The van der Waals surface area contributed by atoms with Crippen molar-refractivity contribution in [1.82, 2.24) is 19.9 Å². The molecular formula is C19H23N5. The summed E-state index contributed by atoms with van der Waals surface area (Å²) in [6, 6.07) is 12.8. The predicted molar refractivity (Wildman–Crippen MR) is 96.8 cm³/mol. The smallest absolute Gasteiger partial charge is 0.142 e. The maximum atomic E-state index is 4.38. The molecule has 1 fully saturated rings. The van der Waals surface area contributed by atoms with E-state index in [0.717, 1.165) is 29.9 Å². The molecule has 0 unspecified atom stereocenters. The van der Waals surface area contributed by atoms with E-state index in [1.807, 2.05) is 12.3 Å². The maximum absolute atomic E-state index is 4.38. The molecule has 5 nitrogen and oxygen atoms in total. The van der Waals surface area contributed by atoms with Gasteiger partial charge in [0.25, 0.3) is 0 Å². The minimum atomic E-state index is 0.709. The Morgan fingerprint density at radius 3 is 2.75 bits per heavy atom. The highest BCUT2D eigenvalue weighted by atomic mass is 15.1. The van der Waals surface area contributed by atoms with Gasteiger partial charge in [-0.25, -0.2) is 9.97 Å². The number of likely N-dealkylation sites (tertiary alicyclic amines) is 1. The van der Waals surface area contributed by atoms with Crippen LogP contribution in [0.5, 0.6) is 0 Å². The summed E-state index contributed by atoms with van der Waals surface area (Å²) in [4.78, 5) is 14.3. The van der Waals surface area contributed by atoms with Crippen molar-refractivity contribution in [2.24, 2.45) is 5.92 Å². The van der Waals surface area contributed by atoms with Gasteiger partial charge in [0.1, 0.15) is 17.8 Å². The second-order valence-corrected chi connectivity index (χ2v) is 6.55. The summed E-state index contributed by atoms with van der Waals surface area (Å²) in [6.07, 6.45) is 6.00. The predicted octanol–water partition coefficient (Wildman–Crippen LogP) is 3.28. The molecule has 1 aromatic carbocycles. The molecule has 0 amide bonds. The zero-order valence-corrected chi connectivity index (χ0v) is 13.8. The zero-order chi connectivity index (χ0) is 16.2. The number of aromatic amines is 1. The molecule has 2 aromatic heterocycles. The van der Waals surface area contributed by atoms with E-state index in [2.05, 4.69) is 55.5 Å². The van der Waals surface area contributed by atoms with Gasteiger partial charge in [0.05, 0.1) is 5.39 Å². The largest absolute Gasteiger partial charge is 0.369 e. The Balaban J connectivity index is 1.28. The molecule has 0 bridgehead atoms. The summed E-state index contributed by atoms with van der Waals surface area (Å²) < 4.78 is 0. The number of benzene rings is 1. The standard InChI is InChI=1S/C19H23N5/c1-2-4-16(5-3-1)13-24-10-7-15(8-11-24)12-21-19-17-6-9-20-18(17)22-14-23-19/h1-6,9,14-15H,7-8,10-13H2,(H2,20,21,22,23). The average molecular weight is 321 g/mol. The average Bonchev–Trinajstić information content (AvgIpc) is 3.11. The van der Waals surface area contributed by atoms with Gasteiger partial charge >= 0.3 is 0 Å². The Bertz CT molecular complexity index is 775. The first-order chi connectivity index (χ1) is 11.9. The van der Waals surface area contributed by atoms with Crippen molar-refractivity contribution in [2.75, 3.05) is 25.0 Å². The Morgan fingerprint density at radius 2 is 1.92 bits per heavy atom. The first-order valence-corrected chi connectivity index (χ1v) is 8.67. The van der Waals surface area contributed by atoms with Gasteiger partial charge in [-0.1, -0.05) is 30.3 Å². The topological polar surface area (TPSA) is 56.8 Å². The van der Waals surface area contributed by atoms with E-state index in [0.29, 0.717) is 5.92 Å². The molecule has 0 spiro atoms. The molecule has 1 aliphatic heterocycles. The number of fused-ring (bicyclic) bond motifs is 1. The molecular weight excluding hydrogens is 298 g/mol. The van der Waals surface area contributed by atoms with Gasteiger partial charge in [0.2, 0.25) is 0 Å². The quantitative estimate of drug-likeness (QED) is 0.757. The lowest BCUT2D eigenvalue weighted by Gasteiger charge is -2.32. The molecule has 2 N–H and O–H groups in total. The first kappa shape index (κ1) is 15.1. The summed E-state index contributed by atoms with van der Waals surface area (Å²) >= 11 is 0. The minimum absolute atomic E-state index is 0.709. The van der Waals surface area contributed by atoms with Gasteiger partial charge in [-0.05, 0) is 43.5 Å². The fraction of sp³-hybridized carbons (Fsp3) is 0.368. The second-order valence-electron chi connectivity index (χ2n) is 6.55. The summed E-state index contributed by atoms with van der Waals surface area (Å²) in [5.41, 5.74) is 2.30. The number of aromatic nitrogens is 3. The molecule has 3 aromatic rings. The number of anilines is 1. The molecule has 0 radical (unpaired) electrons. The van der Waals surface area contributed by atoms with E-state index in [1.165, 1.54) is 31.5 Å². The Morgan fingerprint density at radius 1 is 1.08 bits per heavy atom. The number of H-pyrrole nitrogens is 1. The molecule has 24 heavy (non-hydrogen) atoms. The van der Waals surface area contributed by atoms with Crippen molar-refractivity contribution in [3.8, 4) is 0 Å². The lowest BCUT2D eigenvalue weighted by molar-refractivity contribution is 0.182. The van der Waals surface area contributed by atoms with Gasteiger partial charge < -0.3 is 10.3 Å². The fourth-order valence-electron chi connectivity index (χ4n) is 3.44. The third kappa shape index (κ3) is 3.41. The molecule has 0 aliphatic carbocycles. The molecule has 1 saturated heterocycles. The van der Waals surface area contributed by atoms with E-state index in [-0.39, 0.29) is 0 Å². The lowest BCUT2D eigenvalue weighted by Crippen LogP contribution is -2.35. The Hall–Kier alpha value is -2.40. The number of nitrogens with one attached hydrogen (secondary N) is 2. The minimum Gasteiger partial charge on any atom is -0.369 e. The molecule has 0 atom stereocenters. The van der Waals surface area contributed by atoms with Crippen LogP contribution in [0.1, 0.15) is 18.4 Å². The number of hydrogen-bond donors (Lipinski definition) is 2. The molecule has 1 aliphatic rings. The van der Waals surface area contributed by atoms with Crippen LogP contribution in [-0.2, 0) is 6.54 Å². The summed E-state index contributed by atoms with van der Waals surface area (Å²) in [5.74, 6) is 1.65. The summed E-state index contributed by atoms with van der Waals surface area (Å²) in [7, 11) is 0. The van der Waals surface area contributed by atoms with Gasteiger partial charge in [-0.15, -0.1) is 0 Å². The molecule has 124 valence electrons. The van der Waals surface area contributed by atoms with Crippen molar-refractivity contribution in [3.63, 3.8) is 0 Å². The van der Waals surface area contributed by atoms with Gasteiger partial charge in [-0.2, -0.15) is 0 Å². The highest BCUT2D eigenvalue weighted by Crippen LogP contribution is 2.22. The van der Waals surface area contributed by atoms with Crippen molar-refractivity contribution < 1.29 is 0 Å². The van der Waals surface area contributed by atoms with Gasteiger partial charge in [0, 0.05) is 19.3 Å². The molecule has 4 rings (SSSR count). The van der Waals surface area contributed by atoms with Crippen LogP contribution in [0.2, 0.25) is 0 Å². The highest BCUT2D eigenvalue weighted by Gasteiger charge is 2.19. The van der Waals surface area contributed by atoms with Crippen molar-refractivity contribution in [1.29, 1.82) is 0 Å². The monoisotopic (exact) mass is 321 g/mol. The van der Waals surface area contributed by atoms with Crippen LogP contribution in [0.25, 0.3) is 11.0 Å². The SMILES string of the molecule is c1ccc(CN2CCC(CNc3ncnc4[nH]ccc34)CC2)cc1. The molecule has 5 heteroatoms. The number of rotatable bonds is 5. The van der Waals surface area contributed by atoms with E-state index in [4.69, 9.17) is 0 Å². The van der Waals surface area contributed by atoms with Crippen LogP contribution < -0.4 is 5.32 Å². The number of nitrogens with zero attached hydrogens (tertiary/aromatic N) is 3. The van der Waals surface area contributed by atoms with Gasteiger partial charge in [-0.3, -0.25) is 4.90 Å². The molecule has 3 heterocycles. The maximum Gasteiger partial charge on any atom is 0.142 e. The van der Waals surface area contributed by atoms with E-state index in [9.17, 15) is 0 Å². The zero-order valence-electron chi connectivity index (χ0n) is 13.8. The van der Waals surface area contributed by atoms with Crippen LogP contribution >= 0.6 is 0 Å². The van der Waals surface area contributed by atoms with Crippen LogP contribution in [-0.4, -0.2) is 39.5 Å². The normalized spacial score (nSPS) is 16.5.